The highest BCUT2D eigenvalue weighted by Gasteiger charge is 2.22. The SMILES string of the molecule is N#Cc1cc(C#N)cc(-c2ccc(-n3c4ccccc4c4c3ccc3c5ccccc5n(-c5ccccc5)c34)c(-c3ccccc3)c2)c1. The topological polar surface area (TPSA) is 57.4 Å². The lowest BCUT2D eigenvalue weighted by Crippen LogP contribution is -1.98. The van der Waals surface area contributed by atoms with Crippen LogP contribution in [0.3, 0.4) is 0 Å². The zero-order valence-electron chi connectivity index (χ0n) is 25.8. The molecule has 4 heteroatoms. The quantitative estimate of drug-likeness (QED) is 0.199. The zero-order valence-corrected chi connectivity index (χ0v) is 25.8. The van der Waals surface area contributed by atoms with Gasteiger partial charge < -0.3 is 9.13 Å². The summed E-state index contributed by atoms with van der Waals surface area (Å²) in [4.78, 5) is 0. The molecule has 0 aliphatic rings. The first-order chi connectivity index (χ1) is 23.7. The Hall–Kier alpha value is -6.88. The van der Waals surface area contributed by atoms with Gasteiger partial charge in [-0.25, -0.2) is 0 Å². The van der Waals surface area contributed by atoms with Gasteiger partial charge in [-0.15, -0.1) is 0 Å². The number of aromatic nitrogens is 2. The van der Waals surface area contributed by atoms with E-state index in [2.05, 4.69) is 155 Å². The van der Waals surface area contributed by atoms with Crippen molar-refractivity contribution in [3.8, 4) is 45.8 Å². The maximum Gasteiger partial charge on any atom is 0.0992 e. The van der Waals surface area contributed by atoms with Crippen LogP contribution in [0, 0.1) is 22.7 Å². The van der Waals surface area contributed by atoms with Crippen molar-refractivity contribution in [3.05, 3.63) is 169 Å². The summed E-state index contributed by atoms with van der Waals surface area (Å²) >= 11 is 0. The molecule has 4 nitrogen and oxygen atoms in total. The van der Waals surface area contributed by atoms with E-state index >= 15 is 0 Å². The Labute approximate surface area is 277 Å². The van der Waals surface area contributed by atoms with Crippen molar-refractivity contribution in [1.82, 2.24) is 9.13 Å². The molecule has 48 heavy (non-hydrogen) atoms. The van der Waals surface area contributed by atoms with Crippen molar-refractivity contribution < 1.29 is 0 Å². The molecule has 0 radical (unpaired) electrons. The molecule has 2 heterocycles. The Morgan fingerprint density at radius 2 is 1.04 bits per heavy atom. The molecule has 0 saturated heterocycles. The lowest BCUT2D eigenvalue weighted by Gasteiger charge is -2.16. The van der Waals surface area contributed by atoms with Gasteiger partial charge in [0.2, 0.25) is 0 Å². The number of hydrogen-bond donors (Lipinski definition) is 0. The summed E-state index contributed by atoms with van der Waals surface area (Å²) in [7, 11) is 0. The van der Waals surface area contributed by atoms with Crippen LogP contribution < -0.4 is 0 Å². The van der Waals surface area contributed by atoms with E-state index in [1.165, 1.54) is 32.6 Å². The molecule has 0 saturated carbocycles. The first-order valence-electron chi connectivity index (χ1n) is 15.9. The molecule has 0 unspecified atom stereocenters. The molecule has 0 atom stereocenters. The van der Waals surface area contributed by atoms with Gasteiger partial charge in [0, 0.05) is 32.8 Å². The fraction of sp³-hybridized carbons (Fsp3) is 0. The normalized spacial score (nSPS) is 11.3. The minimum Gasteiger partial charge on any atom is -0.309 e. The van der Waals surface area contributed by atoms with E-state index < -0.39 is 0 Å². The van der Waals surface area contributed by atoms with Crippen LogP contribution in [0.25, 0.3) is 77.2 Å². The Kier molecular flexibility index (Phi) is 6.22. The minimum absolute atomic E-state index is 0.467. The summed E-state index contributed by atoms with van der Waals surface area (Å²) < 4.78 is 4.79. The first kappa shape index (κ1) is 27.4. The lowest BCUT2D eigenvalue weighted by atomic mass is 9.95. The van der Waals surface area contributed by atoms with E-state index in [0.717, 1.165) is 44.7 Å². The second-order valence-electron chi connectivity index (χ2n) is 12.0. The molecule has 7 aromatic carbocycles. The van der Waals surface area contributed by atoms with Crippen molar-refractivity contribution >= 4 is 43.6 Å². The van der Waals surface area contributed by atoms with Crippen molar-refractivity contribution in [2.75, 3.05) is 0 Å². The monoisotopic (exact) mass is 610 g/mol. The fourth-order valence-electron chi connectivity index (χ4n) is 7.30. The van der Waals surface area contributed by atoms with Gasteiger partial charge in [0.15, 0.2) is 0 Å². The third-order valence-electron chi connectivity index (χ3n) is 9.33. The fourth-order valence-corrected chi connectivity index (χ4v) is 7.30. The summed E-state index contributed by atoms with van der Waals surface area (Å²) in [5, 5.41) is 24.2. The minimum atomic E-state index is 0.467. The number of para-hydroxylation sites is 3. The Balaban J connectivity index is 1.40. The predicted molar refractivity (Wildman–Crippen MR) is 195 cm³/mol. The largest absolute Gasteiger partial charge is 0.309 e. The van der Waals surface area contributed by atoms with Crippen molar-refractivity contribution in [2.24, 2.45) is 0 Å². The average Bonchev–Trinajstić information content (AvgIpc) is 3.68. The maximum absolute atomic E-state index is 9.68. The third-order valence-corrected chi connectivity index (χ3v) is 9.33. The number of rotatable bonds is 4. The van der Waals surface area contributed by atoms with E-state index in [1.807, 2.05) is 18.2 Å². The predicted octanol–water partition coefficient (Wildman–Crippen LogP) is 11.0. The van der Waals surface area contributed by atoms with Crippen LogP contribution in [0.5, 0.6) is 0 Å². The number of nitriles is 2. The van der Waals surface area contributed by atoms with E-state index in [1.54, 1.807) is 6.07 Å². The molecular weight excluding hydrogens is 585 g/mol. The standard InChI is InChI=1S/C44H26N4/c45-27-29-23-30(28-46)25-33(24-29)32-19-21-41(38(26-32)31-11-3-1-4-12-31)48-40-18-10-8-16-37(40)43-42(48)22-20-36-35-15-7-9-17-39(35)47(44(36)43)34-13-5-2-6-14-34/h1-26H. The Morgan fingerprint density at radius 1 is 0.417 bits per heavy atom. The van der Waals surface area contributed by atoms with Crippen LogP contribution in [-0.2, 0) is 0 Å². The zero-order chi connectivity index (χ0) is 32.2. The van der Waals surface area contributed by atoms with Gasteiger partial charge in [0.25, 0.3) is 0 Å². The van der Waals surface area contributed by atoms with Crippen molar-refractivity contribution in [3.63, 3.8) is 0 Å². The van der Waals surface area contributed by atoms with Gasteiger partial charge in [-0.05, 0) is 77.4 Å². The molecule has 9 rings (SSSR count). The Morgan fingerprint density at radius 3 is 1.75 bits per heavy atom. The van der Waals surface area contributed by atoms with E-state index in [-0.39, 0.29) is 0 Å². The number of hydrogen-bond acceptors (Lipinski definition) is 2. The summed E-state index contributed by atoms with van der Waals surface area (Å²) in [6.07, 6.45) is 0. The first-order valence-corrected chi connectivity index (χ1v) is 15.9. The molecule has 0 amide bonds. The molecule has 0 N–H and O–H groups in total. The molecule has 9 aromatic rings. The Bertz CT molecular complexity index is 2760. The number of benzene rings is 7. The highest BCUT2D eigenvalue weighted by Crippen LogP contribution is 2.43. The molecule has 222 valence electrons. The lowest BCUT2D eigenvalue weighted by molar-refractivity contribution is 1.17. The van der Waals surface area contributed by atoms with Gasteiger partial charge in [-0.3, -0.25) is 0 Å². The molecular formula is C44H26N4. The van der Waals surface area contributed by atoms with Crippen molar-refractivity contribution in [1.29, 1.82) is 10.5 Å². The van der Waals surface area contributed by atoms with Gasteiger partial charge in [0.05, 0.1) is 51.0 Å². The van der Waals surface area contributed by atoms with Crippen LogP contribution in [-0.4, -0.2) is 9.13 Å². The van der Waals surface area contributed by atoms with Gasteiger partial charge in [-0.1, -0.05) is 97.1 Å². The van der Waals surface area contributed by atoms with Crippen LogP contribution in [0.15, 0.2) is 158 Å². The van der Waals surface area contributed by atoms with Crippen molar-refractivity contribution in [2.45, 2.75) is 0 Å². The molecule has 0 fully saturated rings. The second-order valence-corrected chi connectivity index (χ2v) is 12.0. The van der Waals surface area contributed by atoms with Crippen LogP contribution in [0.1, 0.15) is 11.1 Å². The van der Waals surface area contributed by atoms with E-state index in [4.69, 9.17) is 0 Å². The van der Waals surface area contributed by atoms with Gasteiger partial charge in [-0.2, -0.15) is 10.5 Å². The molecule has 0 bridgehead atoms. The smallest absolute Gasteiger partial charge is 0.0992 e. The van der Waals surface area contributed by atoms with E-state index in [0.29, 0.717) is 11.1 Å². The van der Waals surface area contributed by atoms with Gasteiger partial charge in [0.1, 0.15) is 0 Å². The molecule has 0 spiro atoms. The highest BCUT2D eigenvalue weighted by molar-refractivity contribution is 6.26. The average molecular weight is 611 g/mol. The highest BCUT2D eigenvalue weighted by atomic mass is 15.0. The van der Waals surface area contributed by atoms with Gasteiger partial charge >= 0.3 is 0 Å². The number of nitrogens with zero attached hydrogens (tertiary/aromatic N) is 4. The molecule has 0 aliphatic heterocycles. The van der Waals surface area contributed by atoms with Crippen LogP contribution in [0.4, 0.5) is 0 Å². The second kappa shape index (κ2) is 10.9. The molecule has 2 aromatic heterocycles. The summed E-state index contributed by atoms with van der Waals surface area (Å²) in [6.45, 7) is 0. The maximum atomic E-state index is 9.68. The van der Waals surface area contributed by atoms with Crippen LogP contribution in [0.2, 0.25) is 0 Å². The summed E-state index contributed by atoms with van der Waals surface area (Å²) in [5.74, 6) is 0. The van der Waals surface area contributed by atoms with Crippen LogP contribution >= 0.6 is 0 Å². The summed E-state index contributed by atoms with van der Waals surface area (Å²) in [6, 6.07) is 59.1. The summed E-state index contributed by atoms with van der Waals surface area (Å²) in [5.41, 5.74) is 11.6. The molecule has 0 aliphatic carbocycles. The van der Waals surface area contributed by atoms with E-state index in [9.17, 15) is 10.5 Å². The third kappa shape index (κ3) is 4.14. The number of fused-ring (bicyclic) bond motifs is 7.